The van der Waals surface area contributed by atoms with Gasteiger partial charge in [-0.3, -0.25) is 14.5 Å². The van der Waals surface area contributed by atoms with Gasteiger partial charge in [-0.25, -0.2) is 4.98 Å². The number of imidazole rings is 1. The number of hydrogen-bond donors (Lipinski definition) is 1. The van der Waals surface area contributed by atoms with Crippen molar-refractivity contribution in [2.75, 3.05) is 5.32 Å². The van der Waals surface area contributed by atoms with Gasteiger partial charge in [0, 0.05) is 30.4 Å². The van der Waals surface area contributed by atoms with Gasteiger partial charge in [0.2, 0.25) is 0 Å². The first kappa shape index (κ1) is 24.0. The van der Waals surface area contributed by atoms with Crippen molar-refractivity contribution in [3.63, 3.8) is 0 Å². The zero-order valence-electron chi connectivity index (χ0n) is 19.7. The maximum absolute atomic E-state index is 12.8. The standard InChI is InChI=1S/C27H22N4O5S/c1-19-14-15-30-25(16-19)29-26(27(30)28-18-20-6-3-2-4-7-20)21-8-5-9-23(17-21)36-37(34,35)24-12-10-22(11-13-24)31(32)33/h2-17,28H,18H2,1H3. The van der Waals surface area contributed by atoms with Gasteiger partial charge in [0.15, 0.2) is 0 Å². The van der Waals surface area contributed by atoms with Gasteiger partial charge in [-0.15, -0.1) is 0 Å². The van der Waals surface area contributed by atoms with Crippen molar-refractivity contribution in [2.45, 2.75) is 18.4 Å². The fraction of sp³-hybridized carbons (Fsp3) is 0.0741. The summed E-state index contributed by atoms with van der Waals surface area (Å²) in [5.74, 6) is 0.854. The fourth-order valence-corrected chi connectivity index (χ4v) is 4.83. The molecule has 1 N–H and O–H groups in total. The zero-order chi connectivity index (χ0) is 26.0. The van der Waals surface area contributed by atoms with Crippen molar-refractivity contribution in [1.82, 2.24) is 9.38 Å². The summed E-state index contributed by atoms with van der Waals surface area (Å²) >= 11 is 0. The zero-order valence-corrected chi connectivity index (χ0v) is 20.6. The SMILES string of the molecule is Cc1ccn2c(NCc3ccccc3)c(-c3cccc(OS(=O)(=O)c4ccc([N+](=O)[O-])cc4)c3)nc2c1. The summed E-state index contributed by atoms with van der Waals surface area (Å²) in [7, 11) is -4.21. The van der Waals surface area contributed by atoms with Gasteiger partial charge in [0.1, 0.15) is 27.8 Å². The Morgan fingerprint density at radius 2 is 1.73 bits per heavy atom. The van der Waals surface area contributed by atoms with Crippen molar-refractivity contribution in [2.24, 2.45) is 0 Å². The fourth-order valence-electron chi connectivity index (χ4n) is 3.90. The second kappa shape index (κ2) is 9.75. The number of pyridine rings is 1. The molecular weight excluding hydrogens is 492 g/mol. The first-order chi connectivity index (χ1) is 17.8. The number of rotatable bonds is 8. The van der Waals surface area contributed by atoms with Crippen LogP contribution in [0.5, 0.6) is 5.75 Å². The van der Waals surface area contributed by atoms with Crippen LogP contribution < -0.4 is 9.50 Å². The number of anilines is 1. The van der Waals surface area contributed by atoms with E-state index in [9.17, 15) is 18.5 Å². The normalized spacial score (nSPS) is 11.4. The lowest BCUT2D eigenvalue weighted by Crippen LogP contribution is -2.09. The molecule has 0 aliphatic rings. The maximum Gasteiger partial charge on any atom is 0.339 e. The Morgan fingerprint density at radius 1 is 0.973 bits per heavy atom. The smallest absolute Gasteiger partial charge is 0.339 e. The molecular formula is C27H22N4O5S. The number of nitro benzene ring substituents is 1. The molecule has 0 aliphatic carbocycles. The van der Waals surface area contributed by atoms with Gasteiger partial charge >= 0.3 is 10.1 Å². The van der Waals surface area contributed by atoms with Crippen molar-refractivity contribution in [3.8, 4) is 17.0 Å². The molecule has 0 saturated heterocycles. The number of non-ortho nitro benzene ring substituents is 1. The third-order valence-corrected chi connectivity index (χ3v) is 7.00. The minimum atomic E-state index is -4.21. The number of hydrogen-bond acceptors (Lipinski definition) is 7. The van der Waals surface area contributed by atoms with Crippen LogP contribution in [-0.2, 0) is 16.7 Å². The highest BCUT2D eigenvalue weighted by molar-refractivity contribution is 7.87. The number of benzene rings is 3. The summed E-state index contributed by atoms with van der Waals surface area (Å²) in [5, 5.41) is 14.3. The van der Waals surface area contributed by atoms with Gasteiger partial charge in [0.05, 0.1) is 4.92 Å². The van der Waals surface area contributed by atoms with Gasteiger partial charge in [-0.1, -0.05) is 42.5 Å². The molecule has 0 radical (unpaired) electrons. The molecule has 3 aromatic carbocycles. The minimum absolute atomic E-state index is 0.0955. The molecule has 0 atom stereocenters. The van der Waals surface area contributed by atoms with Crippen LogP contribution in [-0.4, -0.2) is 22.7 Å². The lowest BCUT2D eigenvalue weighted by atomic mass is 10.1. The van der Waals surface area contributed by atoms with Crippen LogP contribution in [0.2, 0.25) is 0 Å². The number of nitrogens with zero attached hydrogens (tertiary/aromatic N) is 3. The molecule has 0 aliphatic heterocycles. The van der Waals surface area contributed by atoms with Crippen LogP contribution in [0.3, 0.4) is 0 Å². The third kappa shape index (κ3) is 5.14. The van der Waals surface area contributed by atoms with Crippen LogP contribution in [0.4, 0.5) is 11.5 Å². The van der Waals surface area contributed by atoms with Gasteiger partial charge < -0.3 is 9.50 Å². The minimum Gasteiger partial charge on any atom is -0.379 e. The number of fused-ring (bicyclic) bond motifs is 1. The summed E-state index contributed by atoms with van der Waals surface area (Å²) in [4.78, 5) is 14.9. The highest BCUT2D eigenvalue weighted by Crippen LogP contribution is 2.32. The van der Waals surface area contributed by atoms with Crippen molar-refractivity contribution in [3.05, 3.63) is 118 Å². The van der Waals surface area contributed by atoms with Crippen LogP contribution >= 0.6 is 0 Å². The summed E-state index contributed by atoms with van der Waals surface area (Å²) in [6, 6.07) is 25.1. The molecule has 2 aromatic heterocycles. The average Bonchev–Trinajstić information content (AvgIpc) is 3.25. The number of nitro groups is 1. The molecule has 0 bridgehead atoms. The molecule has 2 heterocycles. The summed E-state index contributed by atoms with van der Waals surface area (Å²) in [6.45, 7) is 2.56. The predicted octanol–water partition coefficient (Wildman–Crippen LogP) is 5.60. The topological polar surface area (TPSA) is 116 Å². The van der Waals surface area contributed by atoms with Crippen LogP contribution in [0.25, 0.3) is 16.9 Å². The van der Waals surface area contributed by atoms with E-state index < -0.39 is 15.0 Å². The van der Waals surface area contributed by atoms with E-state index in [-0.39, 0.29) is 16.3 Å². The van der Waals surface area contributed by atoms with Crippen LogP contribution in [0.1, 0.15) is 11.1 Å². The van der Waals surface area contributed by atoms with E-state index >= 15 is 0 Å². The molecule has 5 aromatic rings. The quantitative estimate of drug-likeness (QED) is 0.163. The number of aromatic nitrogens is 2. The number of aryl methyl sites for hydroxylation is 1. The van der Waals surface area contributed by atoms with E-state index in [1.165, 1.54) is 6.07 Å². The van der Waals surface area contributed by atoms with E-state index in [1.54, 1.807) is 12.1 Å². The Balaban J connectivity index is 1.48. The molecule has 0 unspecified atom stereocenters. The largest absolute Gasteiger partial charge is 0.379 e. The molecule has 10 heteroatoms. The van der Waals surface area contributed by atoms with E-state index in [4.69, 9.17) is 9.17 Å². The number of nitrogens with one attached hydrogen (secondary N) is 1. The third-order valence-electron chi connectivity index (χ3n) is 5.73. The monoisotopic (exact) mass is 514 g/mol. The Kier molecular flexibility index (Phi) is 6.33. The lowest BCUT2D eigenvalue weighted by Gasteiger charge is -2.11. The molecule has 186 valence electrons. The summed E-state index contributed by atoms with van der Waals surface area (Å²) in [6.07, 6.45) is 1.94. The molecule has 0 fully saturated rings. The van der Waals surface area contributed by atoms with Crippen molar-refractivity contribution < 1.29 is 17.5 Å². The Bertz CT molecular complexity index is 1700. The van der Waals surface area contributed by atoms with E-state index in [1.807, 2.05) is 66.1 Å². The lowest BCUT2D eigenvalue weighted by molar-refractivity contribution is -0.384. The summed E-state index contributed by atoms with van der Waals surface area (Å²) in [5.41, 5.74) is 3.99. The van der Waals surface area contributed by atoms with E-state index in [0.717, 1.165) is 46.9 Å². The highest BCUT2D eigenvalue weighted by atomic mass is 32.2. The van der Waals surface area contributed by atoms with E-state index in [0.29, 0.717) is 17.8 Å². The molecule has 5 rings (SSSR count). The first-order valence-corrected chi connectivity index (χ1v) is 12.8. The highest BCUT2D eigenvalue weighted by Gasteiger charge is 2.20. The summed E-state index contributed by atoms with van der Waals surface area (Å²) < 4.78 is 32.9. The first-order valence-electron chi connectivity index (χ1n) is 11.4. The predicted molar refractivity (Wildman–Crippen MR) is 140 cm³/mol. The Morgan fingerprint density at radius 3 is 2.46 bits per heavy atom. The van der Waals surface area contributed by atoms with Crippen LogP contribution in [0.15, 0.2) is 102 Å². The van der Waals surface area contributed by atoms with Crippen molar-refractivity contribution in [1.29, 1.82) is 0 Å². The maximum atomic E-state index is 12.8. The van der Waals surface area contributed by atoms with E-state index in [2.05, 4.69) is 5.32 Å². The van der Waals surface area contributed by atoms with Gasteiger partial charge in [0.25, 0.3) is 5.69 Å². The molecule has 37 heavy (non-hydrogen) atoms. The van der Waals surface area contributed by atoms with Gasteiger partial charge in [-0.2, -0.15) is 8.42 Å². The molecule has 9 nitrogen and oxygen atoms in total. The second-order valence-corrected chi connectivity index (χ2v) is 9.94. The molecule has 0 amide bonds. The average molecular weight is 515 g/mol. The van der Waals surface area contributed by atoms with Crippen molar-refractivity contribution >= 4 is 27.3 Å². The van der Waals surface area contributed by atoms with Gasteiger partial charge in [-0.05, 0) is 54.4 Å². The van der Waals surface area contributed by atoms with Crippen LogP contribution in [0, 0.1) is 17.0 Å². The Labute approximate surface area is 213 Å². The second-order valence-electron chi connectivity index (χ2n) is 8.40. The molecule has 0 saturated carbocycles. The molecule has 0 spiro atoms. The Hall–Kier alpha value is -4.70.